The van der Waals surface area contributed by atoms with Gasteiger partial charge in [-0.25, -0.2) is 0 Å². The zero-order chi connectivity index (χ0) is 14.3. The summed E-state index contributed by atoms with van der Waals surface area (Å²) in [7, 11) is -0.595. The van der Waals surface area contributed by atoms with E-state index >= 15 is 0 Å². The number of thiophene rings is 1. The number of esters is 1. The van der Waals surface area contributed by atoms with E-state index in [-0.39, 0.29) is 12.1 Å². The van der Waals surface area contributed by atoms with Gasteiger partial charge in [-0.05, 0) is 24.8 Å². The average Bonchev–Trinajstić information content (AvgIpc) is 2.91. The van der Waals surface area contributed by atoms with Crippen molar-refractivity contribution in [1.29, 1.82) is 0 Å². The zero-order valence-corrected chi connectivity index (χ0v) is 13.0. The minimum Gasteiger partial charge on any atom is -0.466 e. The Morgan fingerprint density at radius 1 is 1.42 bits per heavy atom. The maximum Gasteiger partial charge on any atom is 0.331 e. The second-order valence-corrected chi connectivity index (χ2v) is 7.24. The summed E-state index contributed by atoms with van der Waals surface area (Å²) in [4.78, 5) is 13.0. The first-order valence-electron chi connectivity index (χ1n) is 5.94. The van der Waals surface area contributed by atoms with Crippen LogP contribution in [0.5, 0.6) is 0 Å². The van der Waals surface area contributed by atoms with Crippen LogP contribution in [-0.4, -0.2) is 33.0 Å². The Hall–Kier alpha value is -0.680. The number of carbonyl (C=O) groups excluding carboxylic acids is 1. The summed E-state index contributed by atoms with van der Waals surface area (Å²) >= 11 is 1.55. The first-order valence-corrected chi connectivity index (χ1v) is 8.55. The van der Waals surface area contributed by atoms with Gasteiger partial charge in [-0.15, -0.1) is 11.3 Å². The van der Waals surface area contributed by atoms with E-state index in [4.69, 9.17) is 13.8 Å². The predicted octanol–water partition coefficient (Wildman–Crippen LogP) is 2.96. The molecular weight excluding hydrogens is 287 g/mol. The molecule has 1 aromatic rings. The molecule has 5 nitrogen and oxygen atoms in total. The zero-order valence-electron chi connectivity index (χ0n) is 11.3. The smallest absolute Gasteiger partial charge is 0.331 e. The fourth-order valence-corrected chi connectivity index (χ4v) is 3.70. The van der Waals surface area contributed by atoms with Gasteiger partial charge >= 0.3 is 13.6 Å². The number of hydrogen-bond donors (Lipinski definition) is 0. The lowest BCUT2D eigenvalue weighted by Crippen LogP contribution is -2.24. The van der Waals surface area contributed by atoms with Gasteiger partial charge < -0.3 is 13.8 Å². The van der Waals surface area contributed by atoms with Crippen molar-refractivity contribution in [3.05, 3.63) is 22.4 Å². The Morgan fingerprint density at radius 2 is 2.11 bits per heavy atom. The Kier molecular flexibility index (Phi) is 6.72. The lowest BCUT2D eigenvalue weighted by atomic mass is 10.1. The summed E-state index contributed by atoms with van der Waals surface area (Å²) in [5.74, 6) is -0.894. The second kappa shape index (κ2) is 7.80. The Morgan fingerprint density at radius 3 is 2.58 bits per heavy atom. The third kappa shape index (κ3) is 5.07. The highest BCUT2D eigenvalue weighted by Gasteiger charge is 2.32. The molecular formula is C12H19O5PS. The molecule has 0 amide bonds. The third-order valence-corrected chi connectivity index (χ3v) is 5.55. The van der Waals surface area contributed by atoms with Crippen LogP contribution in [0.4, 0.5) is 0 Å². The number of carbonyl (C=O) groups is 1. The van der Waals surface area contributed by atoms with Gasteiger partial charge in [0.15, 0.2) is 0 Å². The van der Waals surface area contributed by atoms with Crippen LogP contribution < -0.4 is 0 Å². The quantitative estimate of drug-likeness (QED) is 0.546. The van der Waals surface area contributed by atoms with Crippen molar-refractivity contribution in [1.82, 2.24) is 0 Å². The summed E-state index contributed by atoms with van der Waals surface area (Å²) < 4.78 is 27.0. The molecule has 0 radical (unpaired) electrons. The number of rotatable bonds is 8. The summed E-state index contributed by atoms with van der Waals surface area (Å²) in [6.45, 7) is 2.04. The molecule has 0 N–H and O–H groups in total. The van der Waals surface area contributed by atoms with Crippen LogP contribution in [-0.2, 0) is 29.6 Å². The van der Waals surface area contributed by atoms with Crippen molar-refractivity contribution in [3.8, 4) is 0 Å². The van der Waals surface area contributed by atoms with Gasteiger partial charge in [0.2, 0.25) is 0 Å². The lowest BCUT2D eigenvalue weighted by Gasteiger charge is -2.19. The summed E-state index contributed by atoms with van der Waals surface area (Å²) in [6.07, 6.45) is 0.504. The van der Waals surface area contributed by atoms with Crippen LogP contribution in [0.2, 0.25) is 0 Å². The lowest BCUT2D eigenvalue weighted by molar-refractivity contribution is -0.147. The molecule has 0 saturated heterocycles. The van der Waals surface area contributed by atoms with Crippen molar-refractivity contribution >= 4 is 24.9 Å². The third-order valence-electron chi connectivity index (χ3n) is 2.65. The van der Waals surface area contributed by atoms with E-state index < -0.39 is 13.5 Å². The van der Waals surface area contributed by atoms with Crippen LogP contribution in [0.3, 0.4) is 0 Å². The summed E-state index contributed by atoms with van der Waals surface area (Å²) in [6, 6.07) is 3.84. The van der Waals surface area contributed by atoms with Gasteiger partial charge in [-0.1, -0.05) is 6.07 Å². The van der Waals surface area contributed by atoms with Crippen molar-refractivity contribution in [2.24, 2.45) is 5.92 Å². The van der Waals surface area contributed by atoms with E-state index in [0.717, 1.165) is 4.88 Å². The minimum atomic E-state index is -3.23. The molecule has 1 unspecified atom stereocenters. The second-order valence-electron chi connectivity index (χ2n) is 3.89. The highest BCUT2D eigenvalue weighted by Crippen LogP contribution is 2.48. The SMILES string of the molecule is CCOC(=O)C(Cc1cccs1)CP(=O)(OC)OC. The van der Waals surface area contributed by atoms with Crippen LogP contribution in [0.1, 0.15) is 11.8 Å². The molecule has 0 spiro atoms. The van der Waals surface area contributed by atoms with E-state index in [0.29, 0.717) is 13.0 Å². The fourth-order valence-electron chi connectivity index (χ4n) is 1.65. The topological polar surface area (TPSA) is 61.8 Å². The molecule has 1 heterocycles. The number of ether oxygens (including phenoxy) is 1. The van der Waals surface area contributed by atoms with Gasteiger partial charge in [-0.2, -0.15) is 0 Å². The van der Waals surface area contributed by atoms with Gasteiger partial charge in [0.1, 0.15) is 0 Å². The minimum absolute atomic E-state index is 0.0245. The van der Waals surface area contributed by atoms with Crippen molar-refractivity contribution in [3.63, 3.8) is 0 Å². The Bertz CT molecular complexity index is 423. The van der Waals surface area contributed by atoms with Crippen molar-refractivity contribution in [2.75, 3.05) is 27.0 Å². The van der Waals surface area contributed by atoms with Gasteiger partial charge in [0.25, 0.3) is 0 Å². The Labute approximate surface area is 117 Å². The van der Waals surface area contributed by atoms with Crippen LogP contribution in [0.15, 0.2) is 17.5 Å². The molecule has 1 rings (SSSR count). The van der Waals surface area contributed by atoms with Crippen LogP contribution in [0.25, 0.3) is 0 Å². The standard InChI is InChI=1S/C12H19O5PS/c1-4-17-12(13)10(8-11-6-5-7-19-11)9-18(14,15-2)16-3/h5-7,10H,4,8-9H2,1-3H3. The molecule has 7 heteroatoms. The van der Waals surface area contributed by atoms with E-state index in [2.05, 4.69) is 0 Å². The molecule has 0 saturated carbocycles. The van der Waals surface area contributed by atoms with Gasteiger partial charge in [0.05, 0.1) is 18.7 Å². The molecule has 0 bridgehead atoms. The highest BCUT2D eigenvalue weighted by atomic mass is 32.1. The van der Waals surface area contributed by atoms with E-state index in [9.17, 15) is 9.36 Å². The molecule has 0 fully saturated rings. The summed E-state index contributed by atoms with van der Waals surface area (Å²) in [5.41, 5.74) is 0. The van der Waals surface area contributed by atoms with Crippen LogP contribution in [0, 0.1) is 5.92 Å². The molecule has 0 aliphatic rings. The van der Waals surface area contributed by atoms with Gasteiger partial charge in [0, 0.05) is 19.1 Å². The monoisotopic (exact) mass is 306 g/mol. The normalized spacial score (nSPS) is 13.2. The summed E-state index contributed by atoms with van der Waals surface area (Å²) in [5, 5.41) is 1.93. The predicted molar refractivity (Wildman–Crippen MR) is 74.6 cm³/mol. The largest absolute Gasteiger partial charge is 0.466 e. The molecule has 0 aliphatic carbocycles. The van der Waals surface area contributed by atoms with Gasteiger partial charge in [-0.3, -0.25) is 9.36 Å². The maximum absolute atomic E-state index is 12.1. The molecule has 1 atom stereocenters. The molecule has 108 valence electrons. The first kappa shape index (κ1) is 16.4. The highest BCUT2D eigenvalue weighted by molar-refractivity contribution is 7.53. The number of hydrogen-bond acceptors (Lipinski definition) is 6. The Balaban J connectivity index is 2.80. The average molecular weight is 306 g/mol. The van der Waals surface area contributed by atoms with E-state index in [1.807, 2.05) is 17.5 Å². The van der Waals surface area contributed by atoms with E-state index in [1.165, 1.54) is 14.2 Å². The first-order chi connectivity index (χ1) is 9.04. The fraction of sp³-hybridized carbons (Fsp3) is 0.583. The molecule has 0 aromatic carbocycles. The van der Waals surface area contributed by atoms with Crippen molar-refractivity contribution < 1.29 is 23.1 Å². The molecule has 19 heavy (non-hydrogen) atoms. The molecule has 0 aliphatic heterocycles. The van der Waals surface area contributed by atoms with Crippen molar-refractivity contribution in [2.45, 2.75) is 13.3 Å². The van der Waals surface area contributed by atoms with Crippen LogP contribution >= 0.6 is 18.9 Å². The van der Waals surface area contributed by atoms with E-state index in [1.54, 1.807) is 18.3 Å². The molecule has 1 aromatic heterocycles. The maximum atomic E-state index is 12.1.